The summed E-state index contributed by atoms with van der Waals surface area (Å²) in [7, 11) is 0. The van der Waals surface area contributed by atoms with E-state index in [0.29, 0.717) is 6.42 Å². The van der Waals surface area contributed by atoms with Crippen LogP contribution < -0.4 is 0 Å². The molecule has 0 spiro atoms. The highest BCUT2D eigenvalue weighted by Gasteiger charge is 2.32. The van der Waals surface area contributed by atoms with Gasteiger partial charge in [0.2, 0.25) is 0 Å². The molecule has 1 aliphatic rings. The minimum absolute atomic E-state index is 0.585. The van der Waals surface area contributed by atoms with E-state index in [1.54, 1.807) is 0 Å². The SMILES string of the molecule is CCCn1ccnc1CC(C)(O)CC1CC1. The Kier molecular flexibility index (Phi) is 3.33. The molecular weight excluding hydrogens is 200 g/mol. The normalized spacial score (nSPS) is 19.7. The lowest BCUT2D eigenvalue weighted by atomic mass is 9.95. The average Bonchev–Trinajstić information content (AvgIpc) is 2.88. The van der Waals surface area contributed by atoms with Gasteiger partial charge in [0, 0.05) is 25.4 Å². The molecule has 1 heterocycles. The Bertz CT molecular complexity index is 339. The van der Waals surface area contributed by atoms with Gasteiger partial charge in [0.05, 0.1) is 5.60 Å². The van der Waals surface area contributed by atoms with Crippen molar-refractivity contribution in [1.82, 2.24) is 9.55 Å². The summed E-state index contributed by atoms with van der Waals surface area (Å²) in [6, 6.07) is 0. The number of imidazole rings is 1. The Morgan fingerprint density at radius 1 is 1.56 bits per heavy atom. The molecule has 0 aliphatic heterocycles. The van der Waals surface area contributed by atoms with Crippen LogP contribution in [0.15, 0.2) is 12.4 Å². The summed E-state index contributed by atoms with van der Waals surface area (Å²) in [5.41, 5.74) is -0.585. The number of hydrogen-bond donors (Lipinski definition) is 1. The van der Waals surface area contributed by atoms with E-state index in [9.17, 15) is 5.11 Å². The first-order valence-electron chi connectivity index (χ1n) is 6.33. The van der Waals surface area contributed by atoms with E-state index >= 15 is 0 Å². The number of hydrogen-bond acceptors (Lipinski definition) is 2. The van der Waals surface area contributed by atoms with E-state index in [4.69, 9.17) is 0 Å². The van der Waals surface area contributed by atoms with E-state index in [1.807, 2.05) is 19.3 Å². The maximum absolute atomic E-state index is 10.3. The smallest absolute Gasteiger partial charge is 0.111 e. The minimum Gasteiger partial charge on any atom is -0.390 e. The van der Waals surface area contributed by atoms with Crippen molar-refractivity contribution in [1.29, 1.82) is 0 Å². The summed E-state index contributed by atoms with van der Waals surface area (Å²) >= 11 is 0. The molecule has 0 bridgehead atoms. The third kappa shape index (κ3) is 3.08. The minimum atomic E-state index is -0.585. The van der Waals surface area contributed by atoms with Gasteiger partial charge in [-0.05, 0) is 25.7 Å². The van der Waals surface area contributed by atoms with Crippen LogP contribution in [0.4, 0.5) is 0 Å². The summed E-state index contributed by atoms with van der Waals surface area (Å²) in [6.45, 7) is 5.09. The zero-order valence-corrected chi connectivity index (χ0v) is 10.3. The second-order valence-corrected chi connectivity index (χ2v) is 5.36. The lowest BCUT2D eigenvalue weighted by Crippen LogP contribution is -2.29. The van der Waals surface area contributed by atoms with Gasteiger partial charge in [-0.25, -0.2) is 4.98 Å². The van der Waals surface area contributed by atoms with Gasteiger partial charge in [-0.1, -0.05) is 19.8 Å². The molecule has 1 saturated carbocycles. The Labute approximate surface area is 97.5 Å². The number of nitrogens with zero attached hydrogens (tertiary/aromatic N) is 2. The van der Waals surface area contributed by atoms with Crippen molar-refractivity contribution in [2.45, 2.75) is 58.1 Å². The van der Waals surface area contributed by atoms with Gasteiger partial charge in [-0.3, -0.25) is 0 Å². The van der Waals surface area contributed by atoms with Crippen molar-refractivity contribution in [3.8, 4) is 0 Å². The van der Waals surface area contributed by atoms with Crippen molar-refractivity contribution in [2.24, 2.45) is 5.92 Å². The zero-order chi connectivity index (χ0) is 11.6. The predicted molar refractivity (Wildman–Crippen MR) is 64.2 cm³/mol. The van der Waals surface area contributed by atoms with Gasteiger partial charge in [0.15, 0.2) is 0 Å². The molecule has 90 valence electrons. The summed E-state index contributed by atoms with van der Waals surface area (Å²) in [6.07, 6.45) is 9.12. The van der Waals surface area contributed by atoms with Crippen molar-refractivity contribution in [3.05, 3.63) is 18.2 Å². The molecule has 1 fully saturated rings. The lowest BCUT2D eigenvalue weighted by Gasteiger charge is -2.23. The first-order valence-corrected chi connectivity index (χ1v) is 6.33. The first kappa shape index (κ1) is 11.6. The second kappa shape index (κ2) is 4.58. The third-order valence-corrected chi connectivity index (χ3v) is 3.23. The molecule has 0 radical (unpaired) electrons. The van der Waals surface area contributed by atoms with Crippen LogP contribution in [-0.2, 0) is 13.0 Å². The third-order valence-electron chi connectivity index (χ3n) is 3.23. The van der Waals surface area contributed by atoms with Crippen LogP contribution in [0.25, 0.3) is 0 Å². The molecule has 1 atom stereocenters. The number of aliphatic hydroxyl groups is 1. The average molecular weight is 222 g/mol. The molecule has 0 saturated heterocycles. The molecule has 2 rings (SSSR count). The highest BCUT2D eigenvalue weighted by Crippen LogP contribution is 2.37. The number of aromatic nitrogens is 2. The van der Waals surface area contributed by atoms with Crippen molar-refractivity contribution >= 4 is 0 Å². The maximum atomic E-state index is 10.3. The Morgan fingerprint density at radius 3 is 2.94 bits per heavy atom. The van der Waals surface area contributed by atoms with E-state index in [0.717, 1.165) is 31.1 Å². The van der Waals surface area contributed by atoms with Crippen LogP contribution in [0.5, 0.6) is 0 Å². The van der Waals surface area contributed by atoms with Crippen molar-refractivity contribution < 1.29 is 5.11 Å². The van der Waals surface area contributed by atoms with Gasteiger partial charge in [0.1, 0.15) is 5.82 Å². The Morgan fingerprint density at radius 2 is 2.31 bits per heavy atom. The lowest BCUT2D eigenvalue weighted by molar-refractivity contribution is 0.0427. The summed E-state index contributed by atoms with van der Waals surface area (Å²) in [5, 5.41) is 10.3. The van der Waals surface area contributed by atoms with E-state index < -0.39 is 5.60 Å². The van der Waals surface area contributed by atoms with Gasteiger partial charge in [0.25, 0.3) is 0 Å². The Hall–Kier alpha value is -0.830. The molecule has 1 aromatic heterocycles. The summed E-state index contributed by atoms with van der Waals surface area (Å²) in [5.74, 6) is 1.78. The van der Waals surface area contributed by atoms with Crippen LogP contribution in [0.2, 0.25) is 0 Å². The number of rotatable bonds is 6. The molecule has 1 aromatic rings. The predicted octanol–water partition coefficient (Wildman–Crippen LogP) is 2.39. The molecule has 3 heteroatoms. The van der Waals surface area contributed by atoms with E-state index in [1.165, 1.54) is 12.8 Å². The number of aryl methyl sites for hydroxylation is 1. The Balaban J connectivity index is 1.97. The molecule has 0 aromatic carbocycles. The van der Waals surface area contributed by atoms with Crippen LogP contribution in [0.3, 0.4) is 0 Å². The molecule has 1 N–H and O–H groups in total. The fourth-order valence-corrected chi connectivity index (χ4v) is 2.31. The standard InChI is InChI=1S/C13H22N2O/c1-3-7-15-8-6-14-12(15)10-13(2,16)9-11-4-5-11/h6,8,11,16H,3-5,7,9-10H2,1-2H3. The summed E-state index contributed by atoms with van der Waals surface area (Å²) in [4.78, 5) is 4.35. The molecular formula is C13H22N2O. The summed E-state index contributed by atoms with van der Waals surface area (Å²) < 4.78 is 2.15. The topological polar surface area (TPSA) is 38.0 Å². The fraction of sp³-hybridized carbons (Fsp3) is 0.769. The fourth-order valence-electron chi connectivity index (χ4n) is 2.31. The van der Waals surface area contributed by atoms with Crippen LogP contribution in [0.1, 0.15) is 45.4 Å². The van der Waals surface area contributed by atoms with Crippen LogP contribution in [0, 0.1) is 5.92 Å². The van der Waals surface area contributed by atoms with Gasteiger partial charge in [-0.15, -0.1) is 0 Å². The maximum Gasteiger partial charge on any atom is 0.111 e. The highest BCUT2D eigenvalue weighted by atomic mass is 16.3. The van der Waals surface area contributed by atoms with Crippen LogP contribution >= 0.6 is 0 Å². The largest absolute Gasteiger partial charge is 0.390 e. The van der Waals surface area contributed by atoms with Crippen molar-refractivity contribution in [2.75, 3.05) is 0 Å². The van der Waals surface area contributed by atoms with Crippen molar-refractivity contribution in [3.63, 3.8) is 0 Å². The van der Waals surface area contributed by atoms with Gasteiger partial charge < -0.3 is 9.67 Å². The van der Waals surface area contributed by atoms with Gasteiger partial charge in [-0.2, -0.15) is 0 Å². The van der Waals surface area contributed by atoms with Crippen LogP contribution in [-0.4, -0.2) is 20.3 Å². The van der Waals surface area contributed by atoms with E-state index in [-0.39, 0.29) is 0 Å². The molecule has 3 nitrogen and oxygen atoms in total. The molecule has 1 aliphatic carbocycles. The van der Waals surface area contributed by atoms with Gasteiger partial charge >= 0.3 is 0 Å². The van der Waals surface area contributed by atoms with E-state index in [2.05, 4.69) is 16.5 Å². The first-order chi connectivity index (χ1) is 7.61. The zero-order valence-electron chi connectivity index (χ0n) is 10.3. The quantitative estimate of drug-likeness (QED) is 0.802. The monoisotopic (exact) mass is 222 g/mol. The second-order valence-electron chi connectivity index (χ2n) is 5.36. The molecule has 16 heavy (non-hydrogen) atoms. The highest BCUT2D eigenvalue weighted by molar-refractivity contribution is 4.99. The molecule has 1 unspecified atom stereocenters. The molecule has 0 amide bonds.